The SMILES string of the molecule is O=[N+]([O-])c1ccc(CNc2cc(C(F)(F)F)nc(-c3ccncc3)n2)cc1. The Morgan fingerprint density at radius 2 is 1.70 bits per heavy atom. The maximum absolute atomic E-state index is 13.2. The number of hydrogen-bond acceptors (Lipinski definition) is 6. The van der Waals surface area contributed by atoms with Crippen molar-refractivity contribution in [1.29, 1.82) is 0 Å². The van der Waals surface area contributed by atoms with E-state index in [-0.39, 0.29) is 23.9 Å². The van der Waals surface area contributed by atoms with Crippen LogP contribution in [0.15, 0.2) is 54.9 Å². The number of nitrogens with one attached hydrogen (secondary N) is 1. The Morgan fingerprint density at radius 1 is 1.04 bits per heavy atom. The van der Waals surface area contributed by atoms with Crippen molar-refractivity contribution in [2.24, 2.45) is 0 Å². The maximum Gasteiger partial charge on any atom is 0.433 e. The molecule has 0 amide bonds. The molecular formula is C17H12F3N5O2. The molecule has 0 aliphatic carbocycles. The van der Waals surface area contributed by atoms with Crippen LogP contribution < -0.4 is 5.32 Å². The van der Waals surface area contributed by atoms with Gasteiger partial charge in [-0.05, 0) is 17.7 Å². The van der Waals surface area contributed by atoms with Crippen molar-refractivity contribution >= 4 is 11.5 Å². The van der Waals surface area contributed by atoms with Gasteiger partial charge in [0.15, 0.2) is 11.5 Å². The molecule has 0 aliphatic heterocycles. The zero-order valence-electron chi connectivity index (χ0n) is 13.6. The molecule has 7 nitrogen and oxygen atoms in total. The number of pyridine rings is 1. The number of hydrogen-bond donors (Lipinski definition) is 1. The number of aromatic nitrogens is 3. The maximum atomic E-state index is 13.2. The summed E-state index contributed by atoms with van der Waals surface area (Å²) < 4.78 is 39.5. The first-order valence-corrected chi connectivity index (χ1v) is 7.67. The van der Waals surface area contributed by atoms with E-state index < -0.39 is 16.8 Å². The van der Waals surface area contributed by atoms with Gasteiger partial charge in [0.1, 0.15) is 5.82 Å². The van der Waals surface area contributed by atoms with Crippen LogP contribution in [0.5, 0.6) is 0 Å². The summed E-state index contributed by atoms with van der Waals surface area (Å²) in [6.45, 7) is 0.141. The first kappa shape index (κ1) is 18.2. The molecule has 2 aromatic heterocycles. The summed E-state index contributed by atoms with van der Waals surface area (Å²) in [5, 5.41) is 13.5. The predicted molar refractivity (Wildman–Crippen MR) is 90.7 cm³/mol. The average Bonchev–Trinajstić information content (AvgIpc) is 2.66. The second-order valence-electron chi connectivity index (χ2n) is 5.47. The van der Waals surface area contributed by atoms with Gasteiger partial charge in [-0.2, -0.15) is 13.2 Å². The second kappa shape index (κ2) is 7.36. The lowest BCUT2D eigenvalue weighted by molar-refractivity contribution is -0.384. The smallest absolute Gasteiger partial charge is 0.366 e. The number of halogens is 3. The Hall–Kier alpha value is -3.56. The number of nitrogens with zero attached hydrogens (tertiary/aromatic N) is 4. The number of non-ortho nitro benzene ring substituents is 1. The fourth-order valence-electron chi connectivity index (χ4n) is 2.24. The predicted octanol–water partition coefficient (Wildman–Crippen LogP) is 4.08. The molecule has 0 spiro atoms. The normalized spacial score (nSPS) is 11.2. The van der Waals surface area contributed by atoms with Crippen molar-refractivity contribution in [3.8, 4) is 11.4 Å². The monoisotopic (exact) mass is 375 g/mol. The van der Waals surface area contributed by atoms with Gasteiger partial charge in [0, 0.05) is 42.7 Å². The van der Waals surface area contributed by atoms with Gasteiger partial charge in [-0.15, -0.1) is 0 Å². The molecule has 0 aliphatic rings. The minimum atomic E-state index is -4.63. The van der Waals surface area contributed by atoms with Crippen LogP contribution in [0.4, 0.5) is 24.7 Å². The zero-order valence-corrected chi connectivity index (χ0v) is 13.6. The molecule has 0 bridgehead atoms. The zero-order chi connectivity index (χ0) is 19.4. The lowest BCUT2D eigenvalue weighted by Crippen LogP contribution is -2.12. The molecule has 27 heavy (non-hydrogen) atoms. The quantitative estimate of drug-likeness (QED) is 0.533. The van der Waals surface area contributed by atoms with Crippen molar-refractivity contribution in [2.45, 2.75) is 12.7 Å². The van der Waals surface area contributed by atoms with Gasteiger partial charge < -0.3 is 5.32 Å². The highest BCUT2D eigenvalue weighted by atomic mass is 19.4. The van der Waals surface area contributed by atoms with E-state index in [1.54, 1.807) is 0 Å². The first-order valence-electron chi connectivity index (χ1n) is 7.67. The van der Waals surface area contributed by atoms with Crippen molar-refractivity contribution in [1.82, 2.24) is 15.0 Å². The Labute approximate surface area is 151 Å². The Morgan fingerprint density at radius 3 is 2.30 bits per heavy atom. The van der Waals surface area contributed by atoms with Crippen LogP contribution in [0, 0.1) is 10.1 Å². The van der Waals surface area contributed by atoms with Crippen LogP contribution in [0.3, 0.4) is 0 Å². The van der Waals surface area contributed by atoms with Gasteiger partial charge in [-0.25, -0.2) is 9.97 Å². The molecule has 0 unspecified atom stereocenters. The highest BCUT2D eigenvalue weighted by molar-refractivity contribution is 5.57. The summed E-state index contributed by atoms with van der Waals surface area (Å²) >= 11 is 0. The van der Waals surface area contributed by atoms with E-state index in [2.05, 4.69) is 20.3 Å². The highest BCUT2D eigenvalue weighted by Gasteiger charge is 2.33. The minimum Gasteiger partial charge on any atom is -0.366 e. The Bertz CT molecular complexity index is 947. The molecule has 3 aromatic rings. The summed E-state index contributed by atoms with van der Waals surface area (Å²) in [6.07, 6.45) is -1.76. The molecule has 1 N–H and O–H groups in total. The number of benzene rings is 1. The summed E-state index contributed by atoms with van der Waals surface area (Å²) in [7, 11) is 0. The Kier molecular flexibility index (Phi) is 4.97. The fraction of sp³-hybridized carbons (Fsp3) is 0.118. The van der Waals surface area contributed by atoms with E-state index in [1.165, 1.54) is 48.8 Å². The lowest BCUT2D eigenvalue weighted by Gasteiger charge is -2.12. The summed E-state index contributed by atoms with van der Waals surface area (Å²) in [5.41, 5.74) is -0.0941. The van der Waals surface area contributed by atoms with Crippen LogP contribution in [0.1, 0.15) is 11.3 Å². The molecule has 0 saturated carbocycles. The molecule has 0 atom stereocenters. The molecule has 0 fully saturated rings. The van der Waals surface area contributed by atoms with Gasteiger partial charge in [0.25, 0.3) is 5.69 Å². The van der Waals surface area contributed by atoms with Gasteiger partial charge in [-0.3, -0.25) is 15.1 Å². The number of nitro groups is 1. The van der Waals surface area contributed by atoms with E-state index in [0.29, 0.717) is 11.1 Å². The average molecular weight is 375 g/mol. The van der Waals surface area contributed by atoms with Crippen molar-refractivity contribution < 1.29 is 18.1 Å². The van der Waals surface area contributed by atoms with E-state index in [9.17, 15) is 23.3 Å². The van der Waals surface area contributed by atoms with E-state index in [0.717, 1.165) is 6.07 Å². The standard InChI is InChI=1S/C17H12F3N5O2/c18-17(19,20)14-9-15(24-16(23-14)12-5-7-21-8-6-12)22-10-11-1-3-13(4-2-11)25(26)27/h1-9H,10H2,(H,22,23,24). The summed E-state index contributed by atoms with van der Waals surface area (Å²) in [5.74, 6) is -0.0964. The third-order valence-electron chi connectivity index (χ3n) is 3.58. The summed E-state index contributed by atoms with van der Waals surface area (Å²) in [6, 6.07) is 9.50. The third kappa shape index (κ3) is 4.54. The number of rotatable bonds is 5. The summed E-state index contributed by atoms with van der Waals surface area (Å²) in [4.78, 5) is 21.6. The van der Waals surface area contributed by atoms with Crippen LogP contribution in [-0.2, 0) is 12.7 Å². The molecule has 0 radical (unpaired) electrons. The molecule has 3 rings (SSSR count). The van der Waals surface area contributed by atoms with Crippen molar-refractivity contribution in [2.75, 3.05) is 5.32 Å². The van der Waals surface area contributed by atoms with Crippen molar-refractivity contribution in [3.05, 3.63) is 76.2 Å². The molecule has 0 saturated heterocycles. The minimum absolute atomic E-state index is 0.0116. The second-order valence-corrected chi connectivity index (χ2v) is 5.47. The van der Waals surface area contributed by atoms with Gasteiger partial charge >= 0.3 is 6.18 Å². The molecule has 1 aromatic carbocycles. The fourth-order valence-corrected chi connectivity index (χ4v) is 2.24. The first-order chi connectivity index (χ1) is 12.8. The van der Waals surface area contributed by atoms with Crippen LogP contribution >= 0.6 is 0 Å². The number of nitro benzene ring substituents is 1. The molecule has 2 heterocycles. The Balaban J connectivity index is 1.86. The van der Waals surface area contributed by atoms with Gasteiger partial charge in [-0.1, -0.05) is 12.1 Å². The van der Waals surface area contributed by atoms with Gasteiger partial charge in [0.05, 0.1) is 4.92 Å². The van der Waals surface area contributed by atoms with Crippen LogP contribution in [0.25, 0.3) is 11.4 Å². The van der Waals surface area contributed by atoms with Crippen LogP contribution in [0.2, 0.25) is 0 Å². The van der Waals surface area contributed by atoms with E-state index >= 15 is 0 Å². The number of anilines is 1. The lowest BCUT2D eigenvalue weighted by atomic mass is 10.2. The third-order valence-corrected chi connectivity index (χ3v) is 3.58. The molecule has 10 heteroatoms. The number of alkyl halides is 3. The topological polar surface area (TPSA) is 93.8 Å². The van der Waals surface area contributed by atoms with E-state index in [1.807, 2.05) is 0 Å². The van der Waals surface area contributed by atoms with E-state index in [4.69, 9.17) is 0 Å². The largest absolute Gasteiger partial charge is 0.433 e. The van der Waals surface area contributed by atoms with Gasteiger partial charge in [0.2, 0.25) is 0 Å². The highest BCUT2D eigenvalue weighted by Crippen LogP contribution is 2.30. The van der Waals surface area contributed by atoms with Crippen LogP contribution in [-0.4, -0.2) is 19.9 Å². The van der Waals surface area contributed by atoms with Crippen molar-refractivity contribution in [3.63, 3.8) is 0 Å². The molecule has 138 valence electrons. The molecular weight excluding hydrogens is 363 g/mol.